The van der Waals surface area contributed by atoms with Gasteiger partial charge in [-0.3, -0.25) is 9.36 Å². The Kier molecular flexibility index (Phi) is 4.49. The summed E-state index contributed by atoms with van der Waals surface area (Å²) in [5.41, 5.74) is 2.23. The van der Waals surface area contributed by atoms with Gasteiger partial charge in [-0.15, -0.1) is 0 Å². The van der Waals surface area contributed by atoms with Crippen LogP contribution in [-0.4, -0.2) is 37.8 Å². The van der Waals surface area contributed by atoms with Gasteiger partial charge in [0.05, 0.1) is 25.0 Å². The minimum atomic E-state index is 0.119. The summed E-state index contributed by atoms with van der Waals surface area (Å²) in [5.74, 6) is 0. The summed E-state index contributed by atoms with van der Waals surface area (Å²) in [7, 11) is 1.92. The highest BCUT2D eigenvalue weighted by molar-refractivity contribution is 5.04. The molecule has 2 aromatic heterocycles. The first-order valence-corrected chi connectivity index (χ1v) is 6.09. The number of aliphatic hydroxyl groups excluding tert-OH is 1. The van der Waals surface area contributed by atoms with Crippen LogP contribution in [0.25, 0.3) is 0 Å². The van der Waals surface area contributed by atoms with Crippen molar-refractivity contribution < 1.29 is 5.11 Å². The number of hydrogen-bond donors (Lipinski definition) is 2. The van der Waals surface area contributed by atoms with Crippen LogP contribution in [0.15, 0.2) is 24.7 Å². The molecule has 6 nitrogen and oxygen atoms in total. The SMILES string of the molecule is Cn1ccc(CCNCc2cnn(CCO)c2)n1. The van der Waals surface area contributed by atoms with Crippen LogP contribution in [0.2, 0.25) is 0 Å². The largest absolute Gasteiger partial charge is 0.394 e. The normalized spacial score (nSPS) is 11.0. The van der Waals surface area contributed by atoms with E-state index in [1.54, 1.807) is 4.68 Å². The number of nitrogens with zero attached hydrogens (tertiary/aromatic N) is 4. The summed E-state index contributed by atoms with van der Waals surface area (Å²) in [5, 5.41) is 20.6. The van der Waals surface area contributed by atoms with Crippen LogP contribution in [0.5, 0.6) is 0 Å². The van der Waals surface area contributed by atoms with Crippen LogP contribution in [-0.2, 0) is 26.6 Å². The van der Waals surface area contributed by atoms with E-state index in [0.717, 1.165) is 30.8 Å². The number of aryl methyl sites for hydroxylation is 1. The van der Waals surface area contributed by atoms with E-state index in [2.05, 4.69) is 15.5 Å². The van der Waals surface area contributed by atoms with Gasteiger partial charge in [0, 0.05) is 44.5 Å². The van der Waals surface area contributed by atoms with Crippen molar-refractivity contribution in [3.05, 3.63) is 35.9 Å². The smallest absolute Gasteiger partial charge is 0.0640 e. The van der Waals surface area contributed by atoms with Gasteiger partial charge in [-0.2, -0.15) is 10.2 Å². The molecule has 6 heteroatoms. The first kappa shape index (κ1) is 12.8. The predicted octanol–water partition coefficient (Wildman–Crippen LogP) is -0.0588. The van der Waals surface area contributed by atoms with Crippen molar-refractivity contribution in [2.24, 2.45) is 7.05 Å². The fourth-order valence-corrected chi connectivity index (χ4v) is 1.77. The van der Waals surface area contributed by atoms with Gasteiger partial charge >= 0.3 is 0 Å². The molecule has 0 atom stereocenters. The molecule has 0 radical (unpaired) electrons. The first-order valence-electron chi connectivity index (χ1n) is 6.09. The highest BCUT2D eigenvalue weighted by Gasteiger charge is 1.99. The lowest BCUT2D eigenvalue weighted by molar-refractivity contribution is 0.269. The molecule has 98 valence electrons. The number of hydrogen-bond acceptors (Lipinski definition) is 4. The molecule has 0 unspecified atom stereocenters. The van der Waals surface area contributed by atoms with Crippen LogP contribution in [0.4, 0.5) is 0 Å². The molecule has 0 bridgehead atoms. The maximum atomic E-state index is 8.79. The molecular weight excluding hydrogens is 230 g/mol. The van der Waals surface area contributed by atoms with Crippen molar-refractivity contribution in [3.63, 3.8) is 0 Å². The Labute approximate surface area is 106 Å². The lowest BCUT2D eigenvalue weighted by atomic mass is 10.3. The molecule has 0 fully saturated rings. The number of aliphatic hydroxyl groups is 1. The molecule has 0 aliphatic carbocycles. The Hall–Kier alpha value is -1.66. The van der Waals surface area contributed by atoms with Crippen molar-refractivity contribution >= 4 is 0 Å². The molecule has 18 heavy (non-hydrogen) atoms. The predicted molar refractivity (Wildman–Crippen MR) is 67.9 cm³/mol. The minimum absolute atomic E-state index is 0.119. The van der Waals surface area contributed by atoms with Gasteiger partial charge < -0.3 is 10.4 Å². The van der Waals surface area contributed by atoms with Crippen LogP contribution in [0.1, 0.15) is 11.3 Å². The molecule has 2 rings (SSSR count). The maximum Gasteiger partial charge on any atom is 0.0640 e. The monoisotopic (exact) mass is 249 g/mol. The topological polar surface area (TPSA) is 67.9 Å². The number of nitrogens with one attached hydrogen (secondary N) is 1. The Morgan fingerprint density at radius 2 is 2.33 bits per heavy atom. The van der Waals surface area contributed by atoms with Crippen molar-refractivity contribution in [3.8, 4) is 0 Å². The van der Waals surface area contributed by atoms with Gasteiger partial charge in [0.1, 0.15) is 0 Å². The van der Waals surface area contributed by atoms with E-state index in [1.165, 1.54) is 0 Å². The van der Waals surface area contributed by atoms with Crippen LogP contribution < -0.4 is 5.32 Å². The van der Waals surface area contributed by atoms with E-state index >= 15 is 0 Å². The van der Waals surface area contributed by atoms with E-state index in [1.807, 2.05) is 36.4 Å². The van der Waals surface area contributed by atoms with Crippen LogP contribution in [0, 0.1) is 0 Å². The van der Waals surface area contributed by atoms with Crippen molar-refractivity contribution in [1.29, 1.82) is 0 Å². The zero-order valence-electron chi connectivity index (χ0n) is 10.6. The average Bonchev–Trinajstić information content (AvgIpc) is 2.95. The minimum Gasteiger partial charge on any atom is -0.394 e. The number of rotatable bonds is 7. The second-order valence-corrected chi connectivity index (χ2v) is 4.24. The van der Waals surface area contributed by atoms with Crippen molar-refractivity contribution in [2.45, 2.75) is 19.5 Å². The Morgan fingerprint density at radius 1 is 1.44 bits per heavy atom. The van der Waals surface area contributed by atoms with E-state index in [-0.39, 0.29) is 6.61 Å². The van der Waals surface area contributed by atoms with E-state index < -0.39 is 0 Å². The van der Waals surface area contributed by atoms with Gasteiger partial charge in [0.15, 0.2) is 0 Å². The second-order valence-electron chi connectivity index (χ2n) is 4.24. The van der Waals surface area contributed by atoms with Gasteiger partial charge in [0.25, 0.3) is 0 Å². The molecule has 0 amide bonds. The van der Waals surface area contributed by atoms with Gasteiger partial charge in [-0.25, -0.2) is 0 Å². The molecule has 0 aliphatic heterocycles. The lowest BCUT2D eigenvalue weighted by Gasteiger charge is -2.01. The molecule has 0 aromatic carbocycles. The molecule has 0 saturated heterocycles. The van der Waals surface area contributed by atoms with E-state index in [0.29, 0.717) is 6.54 Å². The van der Waals surface area contributed by atoms with Crippen LogP contribution >= 0.6 is 0 Å². The van der Waals surface area contributed by atoms with Crippen molar-refractivity contribution in [2.75, 3.05) is 13.2 Å². The molecule has 0 aliphatic rings. The zero-order valence-corrected chi connectivity index (χ0v) is 10.6. The Morgan fingerprint density at radius 3 is 3.06 bits per heavy atom. The summed E-state index contributed by atoms with van der Waals surface area (Å²) >= 11 is 0. The van der Waals surface area contributed by atoms with Crippen LogP contribution in [0.3, 0.4) is 0 Å². The zero-order chi connectivity index (χ0) is 12.8. The summed E-state index contributed by atoms with van der Waals surface area (Å²) in [4.78, 5) is 0. The third-order valence-corrected chi connectivity index (χ3v) is 2.67. The van der Waals surface area contributed by atoms with Gasteiger partial charge in [-0.1, -0.05) is 0 Å². The fourth-order valence-electron chi connectivity index (χ4n) is 1.77. The third kappa shape index (κ3) is 3.68. The molecular formula is C12H19N5O. The van der Waals surface area contributed by atoms with Gasteiger partial charge in [-0.05, 0) is 6.07 Å². The molecule has 2 aromatic rings. The Balaban J connectivity index is 1.68. The summed E-state index contributed by atoms with van der Waals surface area (Å²) in [6.07, 6.45) is 6.65. The highest BCUT2D eigenvalue weighted by Crippen LogP contribution is 1.98. The second kappa shape index (κ2) is 6.32. The maximum absolute atomic E-state index is 8.79. The average molecular weight is 249 g/mol. The quantitative estimate of drug-likeness (QED) is 0.675. The molecule has 2 N–H and O–H groups in total. The Bertz CT molecular complexity index is 476. The summed E-state index contributed by atoms with van der Waals surface area (Å²) in [6.45, 7) is 2.35. The summed E-state index contributed by atoms with van der Waals surface area (Å²) < 4.78 is 3.56. The van der Waals surface area contributed by atoms with E-state index in [9.17, 15) is 0 Å². The lowest BCUT2D eigenvalue weighted by Crippen LogP contribution is -2.16. The first-order chi connectivity index (χ1) is 8.78. The van der Waals surface area contributed by atoms with E-state index in [4.69, 9.17) is 5.11 Å². The fraction of sp³-hybridized carbons (Fsp3) is 0.500. The van der Waals surface area contributed by atoms with Gasteiger partial charge in [0.2, 0.25) is 0 Å². The standard InChI is InChI=1S/C12H19N5O/c1-16-5-3-12(15-16)2-4-13-8-11-9-14-17(10-11)6-7-18/h3,5,9-10,13,18H,2,4,6-8H2,1H3. The summed E-state index contributed by atoms with van der Waals surface area (Å²) in [6, 6.07) is 2.03. The third-order valence-electron chi connectivity index (χ3n) is 2.67. The molecule has 2 heterocycles. The molecule has 0 saturated carbocycles. The number of aromatic nitrogens is 4. The highest BCUT2D eigenvalue weighted by atomic mass is 16.3. The van der Waals surface area contributed by atoms with Crippen molar-refractivity contribution in [1.82, 2.24) is 24.9 Å². The molecule has 0 spiro atoms.